The van der Waals surface area contributed by atoms with Gasteiger partial charge in [-0.05, 0) is 45.3 Å². The van der Waals surface area contributed by atoms with Crippen molar-refractivity contribution in [3.63, 3.8) is 0 Å². The Hall–Kier alpha value is -0.610. The average molecular weight is 214 g/mol. The van der Waals surface area contributed by atoms with Crippen LogP contribution in [-0.4, -0.2) is 41.7 Å². The maximum absolute atomic E-state index is 11.1. The molecule has 0 aromatic rings. The molecule has 0 spiro atoms. The summed E-state index contributed by atoms with van der Waals surface area (Å²) in [5.41, 5.74) is 4.99. The van der Waals surface area contributed by atoms with Crippen molar-refractivity contribution >= 4 is 5.97 Å². The minimum absolute atomic E-state index is 0.143. The summed E-state index contributed by atoms with van der Waals surface area (Å²) < 4.78 is 0. The lowest BCUT2D eigenvalue weighted by Gasteiger charge is -2.28. The molecule has 4 nitrogen and oxygen atoms in total. The summed E-state index contributed by atoms with van der Waals surface area (Å²) in [5.74, 6) is -0.687. The molecule has 1 aliphatic carbocycles. The van der Waals surface area contributed by atoms with Gasteiger partial charge < -0.3 is 15.7 Å². The average Bonchev–Trinajstić information content (AvgIpc) is 2.58. The van der Waals surface area contributed by atoms with Crippen LogP contribution in [0.15, 0.2) is 0 Å². The number of aliphatic carboxylic acids is 1. The highest BCUT2D eigenvalue weighted by Crippen LogP contribution is 2.36. The molecule has 1 aliphatic rings. The predicted octanol–water partition coefficient (Wildman–Crippen LogP) is 0.910. The van der Waals surface area contributed by atoms with Crippen LogP contribution in [0.3, 0.4) is 0 Å². The largest absolute Gasteiger partial charge is 0.480 e. The van der Waals surface area contributed by atoms with Gasteiger partial charge in [0.15, 0.2) is 0 Å². The van der Waals surface area contributed by atoms with E-state index in [2.05, 4.69) is 11.8 Å². The molecular weight excluding hydrogens is 192 g/mol. The number of nitrogens with zero attached hydrogens (tertiary/aromatic N) is 1. The molecule has 0 aliphatic heterocycles. The lowest BCUT2D eigenvalue weighted by Crippen LogP contribution is -2.51. The molecule has 3 N–H and O–H groups in total. The van der Waals surface area contributed by atoms with E-state index in [1.807, 2.05) is 7.05 Å². The van der Waals surface area contributed by atoms with Crippen molar-refractivity contribution in [3.05, 3.63) is 0 Å². The van der Waals surface area contributed by atoms with E-state index in [4.69, 9.17) is 10.8 Å². The second kappa shape index (κ2) is 4.94. The molecule has 0 saturated heterocycles. The summed E-state index contributed by atoms with van der Waals surface area (Å²) in [4.78, 5) is 13.3. The number of nitrogens with two attached hydrogens (primary N) is 1. The molecular formula is C11H22N2O2. The fourth-order valence-electron chi connectivity index (χ4n) is 2.32. The van der Waals surface area contributed by atoms with Crippen molar-refractivity contribution in [3.8, 4) is 0 Å². The van der Waals surface area contributed by atoms with Crippen molar-refractivity contribution < 1.29 is 9.90 Å². The second-order valence-electron chi connectivity index (χ2n) is 4.62. The molecule has 0 radical (unpaired) electrons. The molecule has 0 heterocycles. The molecule has 1 fully saturated rings. The van der Waals surface area contributed by atoms with Gasteiger partial charge in [0.2, 0.25) is 0 Å². The highest BCUT2D eigenvalue weighted by molar-refractivity contribution is 5.79. The third kappa shape index (κ3) is 2.69. The van der Waals surface area contributed by atoms with Crippen LogP contribution in [0.2, 0.25) is 0 Å². The van der Waals surface area contributed by atoms with Gasteiger partial charge in [-0.15, -0.1) is 0 Å². The first-order valence-electron chi connectivity index (χ1n) is 5.71. The van der Waals surface area contributed by atoms with Gasteiger partial charge in [0, 0.05) is 0 Å². The minimum Gasteiger partial charge on any atom is -0.480 e. The highest BCUT2D eigenvalue weighted by atomic mass is 16.4. The highest BCUT2D eigenvalue weighted by Gasteiger charge is 2.45. The van der Waals surface area contributed by atoms with E-state index in [0.717, 1.165) is 32.4 Å². The second-order valence-corrected chi connectivity index (χ2v) is 4.62. The topological polar surface area (TPSA) is 66.6 Å². The van der Waals surface area contributed by atoms with E-state index in [-0.39, 0.29) is 5.92 Å². The monoisotopic (exact) mass is 214 g/mol. The number of carboxylic acid groups (broad SMARTS) is 1. The quantitative estimate of drug-likeness (QED) is 0.714. The zero-order valence-electron chi connectivity index (χ0n) is 9.70. The fourth-order valence-corrected chi connectivity index (χ4v) is 2.32. The van der Waals surface area contributed by atoms with E-state index in [1.54, 1.807) is 0 Å². The van der Waals surface area contributed by atoms with Crippen LogP contribution in [0.5, 0.6) is 0 Å². The third-order valence-electron chi connectivity index (χ3n) is 3.67. The van der Waals surface area contributed by atoms with Gasteiger partial charge >= 0.3 is 5.97 Å². The zero-order valence-corrected chi connectivity index (χ0v) is 9.70. The van der Waals surface area contributed by atoms with Crippen molar-refractivity contribution in [2.75, 3.05) is 20.1 Å². The van der Waals surface area contributed by atoms with Crippen LogP contribution < -0.4 is 5.73 Å². The number of rotatable bonds is 5. The lowest BCUT2D eigenvalue weighted by atomic mass is 9.85. The van der Waals surface area contributed by atoms with E-state index in [0.29, 0.717) is 6.42 Å². The maximum Gasteiger partial charge on any atom is 0.323 e. The summed E-state index contributed by atoms with van der Waals surface area (Å²) in [5, 5.41) is 9.13. The molecule has 2 unspecified atom stereocenters. The Bertz CT molecular complexity index is 233. The Balaban J connectivity index is 2.50. The summed E-state index contributed by atoms with van der Waals surface area (Å²) >= 11 is 0. The van der Waals surface area contributed by atoms with Gasteiger partial charge in [-0.25, -0.2) is 0 Å². The predicted molar refractivity (Wildman–Crippen MR) is 59.7 cm³/mol. The first kappa shape index (κ1) is 12.5. The van der Waals surface area contributed by atoms with E-state index in [9.17, 15) is 4.79 Å². The summed E-state index contributed by atoms with van der Waals surface area (Å²) in [6.45, 7) is 4.03. The number of carboxylic acids is 1. The summed E-state index contributed by atoms with van der Waals surface area (Å²) in [6, 6.07) is 0. The van der Waals surface area contributed by atoms with Gasteiger partial charge in [0.1, 0.15) is 5.54 Å². The van der Waals surface area contributed by atoms with Crippen molar-refractivity contribution in [1.82, 2.24) is 4.90 Å². The number of hydrogen-bond donors (Lipinski definition) is 2. The Morgan fingerprint density at radius 3 is 2.87 bits per heavy atom. The first-order chi connectivity index (χ1) is 7.00. The van der Waals surface area contributed by atoms with Crippen molar-refractivity contribution in [1.29, 1.82) is 0 Å². The molecule has 15 heavy (non-hydrogen) atoms. The Morgan fingerprint density at radius 2 is 2.33 bits per heavy atom. The Kier molecular flexibility index (Phi) is 4.11. The van der Waals surface area contributed by atoms with Crippen LogP contribution in [0.25, 0.3) is 0 Å². The van der Waals surface area contributed by atoms with E-state index in [1.165, 1.54) is 0 Å². The van der Waals surface area contributed by atoms with Crippen LogP contribution >= 0.6 is 0 Å². The maximum atomic E-state index is 11.1. The normalized spacial score (nSPS) is 31.1. The minimum atomic E-state index is -0.964. The zero-order chi connectivity index (χ0) is 11.5. The lowest BCUT2D eigenvalue weighted by molar-refractivity contribution is -0.144. The summed E-state index contributed by atoms with van der Waals surface area (Å²) in [7, 11) is 2.05. The van der Waals surface area contributed by atoms with E-state index >= 15 is 0 Å². The molecule has 88 valence electrons. The SMILES string of the molecule is CCN(C)CCC1CCCC1(N)C(=O)O. The van der Waals surface area contributed by atoms with Gasteiger partial charge in [-0.3, -0.25) is 4.79 Å². The van der Waals surface area contributed by atoms with Gasteiger partial charge in [-0.2, -0.15) is 0 Å². The standard InChI is InChI=1S/C11H22N2O2/c1-3-13(2)8-6-9-5-4-7-11(9,12)10(14)15/h9H,3-8,12H2,1-2H3,(H,14,15). The number of hydrogen-bond acceptors (Lipinski definition) is 3. The van der Waals surface area contributed by atoms with Crippen molar-refractivity contribution in [2.45, 2.75) is 38.1 Å². The molecule has 0 amide bonds. The first-order valence-corrected chi connectivity index (χ1v) is 5.71. The fraction of sp³-hybridized carbons (Fsp3) is 0.909. The Morgan fingerprint density at radius 1 is 1.67 bits per heavy atom. The van der Waals surface area contributed by atoms with Crippen molar-refractivity contribution in [2.24, 2.45) is 11.7 Å². The summed E-state index contributed by atoms with van der Waals surface area (Å²) in [6.07, 6.45) is 3.43. The molecule has 4 heteroatoms. The van der Waals surface area contributed by atoms with E-state index < -0.39 is 11.5 Å². The molecule has 0 aromatic heterocycles. The third-order valence-corrected chi connectivity index (χ3v) is 3.67. The van der Waals surface area contributed by atoms with Crippen LogP contribution in [-0.2, 0) is 4.79 Å². The number of carbonyl (C=O) groups is 1. The van der Waals surface area contributed by atoms with Crippen LogP contribution in [0.1, 0.15) is 32.6 Å². The molecule has 0 bridgehead atoms. The smallest absolute Gasteiger partial charge is 0.323 e. The van der Waals surface area contributed by atoms with Crippen LogP contribution in [0, 0.1) is 5.92 Å². The molecule has 2 atom stereocenters. The van der Waals surface area contributed by atoms with Crippen LogP contribution in [0.4, 0.5) is 0 Å². The van der Waals surface area contributed by atoms with Gasteiger partial charge in [-0.1, -0.05) is 13.3 Å². The molecule has 1 saturated carbocycles. The van der Waals surface area contributed by atoms with Gasteiger partial charge in [0.05, 0.1) is 0 Å². The van der Waals surface area contributed by atoms with Gasteiger partial charge in [0.25, 0.3) is 0 Å². The molecule has 0 aromatic carbocycles. The Labute approximate surface area is 91.4 Å². The molecule has 1 rings (SSSR count).